The fourth-order valence-corrected chi connectivity index (χ4v) is 3.91. The molecule has 154 valence electrons. The summed E-state index contributed by atoms with van der Waals surface area (Å²) in [5.41, 5.74) is 4.37. The maximum absolute atomic E-state index is 12.2. The molecule has 0 spiro atoms. The second kappa shape index (κ2) is 10.2. The molecule has 0 aliphatic carbocycles. The zero-order valence-corrected chi connectivity index (χ0v) is 17.3. The number of esters is 1. The van der Waals surface area contributed by atoms with Gasteiger partial charge in [0, 0.05) is 24.7 Å². The van der Waals surface area contributed by atoms with Crippen molar-refractivity contribution in [2.75, 3.05) is 25.5 Å². The van der Waals surface area contributed by atoms with Crippen LogP contribution in [0, 0.1) is 0 Å². The predicted octanol–water partition coefficient (Wildman–Crippen LogP) is 4.27. The molecule has 1 aliphatic heterocycles. The van der Waals surface area contributed by atoms with Crippen LogP contribution < -0.4 is 5.32 Å². The minimum atomic E-state index is -0.375. The van der Waals surface area contributed by atoms with Crippen molar-refractivity contribution >= 4 is 17.6 Å². The molecule has 0 bridgehead atoms. The number of amides is 1. The molecule has 2 aromatic rings. The molecule has 0 saturated carbocycles. The fraction of sp³-hybridized carbons (Fsp3) is 0.417. The van der Waals surface area contributed by atoms with Gasteiger partial charge in [-0.2, -0.15) is 0 Å². The highest BCUT2D eigenvalue weighted by atomic mass is 16.5. The van der Waals surface area contributed by atoms with Crippen LogP contribution in [0.4, 0.5) is 5.69 Å². The molecule has 1 amide bonds. The van der Waals surface area contributed by atoms with E-state index in [1.807, 2.05) is 24.3 Å². The van der Waals surface area contributed by atoms with E-state index in [4.69, 9.17) is 0 Å². The van der Waals surface area contributed by atoms with Gasteiger partial charge in [-0.1, -0.05) is 36.4 Å². The first-order valence-electron chi connectivity index (χ1n) is 10.4. The molecule has 0 radical (unpaired) electrons. The number of nitrogens with zero attached hydrogens (tertiary/aromatic N) is 1. The van der Waals surface area contributed by atoms with Crippen LogP contribution >= 0.6 is 0 Å². The second-order valence-electron chi connectivity index (χ2n) is 7.64. The number of likely N-dealkylation sites (tertiary alicyclic amines) is 1. The molecule has 1 N–H and O–H groups in total. The minimum absolute atomic E-state index is 0.0874. The van der Waals surface area contributed by atoms with Crippen LogP contribution in [0.5, 0.6) is 0 Å². The van der Waals surface area contributed by atoms with Crippen molar-refractivity contribution in [2.45, 2.75) is 45.1 Å². The number of benzene rings is 2. The fourth-order valence-electron chi connectivity index (χ4n) is 3.91. The Balaban J connectivity index is 1.75. The smallest absolute Gasteiger partial charge is 0.306 e. The highest BCUT2D eigenvalue weighted by Crippen LogP contribution is 2.28. The predicted molar refractivity (Wildman–Crippen MR) is 116 cm³/mol. The molecule has 1 heterocycles. The third-order valence-electron chi connectivity index (χ3n) is 5.62. The van der Waals surface area contributed by atoms with Gasteiger partial charge in [0.15, 0.2) is 0 Å². The Morgan fingerprint density at radius 1 is 1.14 bits per heavy atom. The number of hydrogen-bond acceptors (Lipinski definition) is 4. The van der Waals surface area contributed by atoms with Crippen LogP contribution in [0.15, 0.2) is 48.5 Å². The number of carbonyl (C=O) groups is 2. The first-order chi connectivity index (χ1) is 14.1. The van der Waals surface area contributed by atoms with E-state index < -0.39 is 0 Å². The van der Waals surface area contributed by atoms with E-state index in [0.29, 0.717) is 6.04 Å². The van der Waals surface area contributed by atoms with E-state index in [2.05, 4.69) is 46.1 Å². The standard InChI is InChI=1S/C24H30N2O3/c1-18-7-6-15-26(18)16-14-20-17-21(25-23(27)12-13-24(28)29-2)10-11-22(20)19-8-4-3-5-9-19/h3-5,8-11,17-18H,6-7,12-16H2,1-2H3,(H,25,27)/t18-/m1/s1. The van der Waals surface area contributed by atoms with Crippen molar-refractivity contribution in [1.82, 2.24) is 4.90 Å². The van der Waals surface area contributed by atoms with Gasteiger partial charge in [0.1, 0.15) is 0 Å². The zero-order chi connectivity index (χ0) is 20.6. The van der Waals surface area contributed by atoms with E-state index in [-0.39, 0.29) is 24.7 Å². The van der Waals surface area contributed by atoms with Crippen LogP contribution in [-0.4, -0.2) is 43.0 Å². The maximum Gasteiger partial charge on any atom is 0.306 e. The first kappa shape index (κ1) is 21.1. The second-order valence-corrected chi connectivity index (χ2v) is 7.64. The monoisotopic (exact) mass is 394 g/mol. The van der Waals surface area contributed by atoms with E-state index in [9.17, 15) is 9.59 Å². The average molecular weight is 395 g/mol. The largest absolute Gasteiger partial charge is 0.469 e. The lowest BCUT2D eigenvalue weighted by atomic mass is 9.96. The third kappa shape index (κ3) is 5.91. The van der Waals surface area contributed by atoms with Gasteiger partial charge in [-0.15, -0.1) is 0 Å². The molecule has 1 atom stereocenters. The molecule has 5 nitrogen and oxygen atoms in total. The van der Waals surface area contributed by atoms with E-state index in [1.54, 1.807) is 0 Å². The normalized spacial score (nSPS) is 16.6. The number of methoxy groups -OCH3 is 1. The van der Waals surface area contributed by atoms with Gasteiger partial charge < -0.3 is 15.0 Å². The molecule has 5 heteroatoms. The van der Waals surface area contributed by atoms with Crippen molar-refractivity contribution in [3.8, 4) is 11.1 Å². The molecule has 3 rings (SSSR count). The molecule has 1 saturated heterocycles. The zero-order valence-electron chi connectivity index (χ0n) is 17.3. The van der Waals surface area contributed by atoms with Crippen molar-refractivity contribution in [3.05, 3.63) is 54.1 Å². The van der Waals surface area contributed by atoms with E-state index in [1.165, 1.54) is 36.6 Å². The Hall–Kier alpha value is -2.66. The molecule has 1 aliphatic rings. The summed E-state index contributed by atoms with van der Waals surface area (Å²) in [5, 5.41) is 2.92. The number of hydrogen-bond donors (Lipinski definition) is 1. The van der Waals surface area contributed by atoms with Crippen LogP contribution in [0.25, 0.3) is 11.1 Å². The Bertz CT molecular complexity index is 835. The summed E-state index contributed by atoms with van der Waals surface area (Å²) < 4.78 is 4.60. The van der Waals surface area contributed by atoms with Crippen LogP contribution in [0.1, 0.15) is 38.2 Å². The Kier molecular flexibility index (Phi) is 7.42. The molecular formula is C24H30N2O3. The molecular weight excluding hydrogens is 364 g/mol. The average Bonchev–Trinajstić information content (AvgIpc) is 3.16. The molecule has 29 heavy (non-hydrogen) atoms. The Morgan fingerprint density at radius 3 is 2.62 bits per heavy atom. The van der Waals surface area contributed by atoms with Gasteiger partial charge in [-0.3, -0.25) is 9.59 Å². The minimum Gasteiger partial charge on any atom is -0.469 e. The number of rotatable bonds is 8. The summed E-state index contributed by atoms with van der Waals surface area (Å²) in [6.07, 6.45) is 3.67. The van der Waals surface area contributed by atoms with Crippen molar-refractivity contribution in [3.63, 3.8) is 0 Å². The third-order valence-corrected chi connectivity index (χ3v) is 5.62. The van der Waals surface area contributed by atoms with Crippen LogP contribution in [-0.2, 0) is 20.7 Å². The SMILES string of the molecule is COC(=O)CCC(=O)Nc1ccc(-c2ccccc2)c(CCN2CCC[C@H]2C)c1. The molecule has 0 unspecified atom stereocenters. The Labute approximate surface area is 173 Å². The Morgan fingerprint density at radius 2 is 1.93 bits per heavy atom. The van der Waals surface area contributed by atoms with Gasteiger partial charge in [-0.25, -0.2) is 0 Å². The van der Waals surface area contributed by atoms with E-state index >= 15 is 0 Å². The lowest BCUT2D eigenvalue weighted by Crippen LogP contribution is -2.29. The maximum atomic E-state index is 12.2. The number of anilines is 1. The van der Waals surface area contributed by atoms with Crippen LogP contribution in [0.3, 0.4) is 0 Å². The number of carbonyl (C=O) groups excluding carboxylic acids is 2. The van der Waals surface area contributed by atoms with Crippen molar-refractivity contribution in [1.29, 1.82) is 0 Å². The van der Waals surface area contributed by atoms with Gasteiger partial charge in [0.05, 0.1) is 13.5 Å². The summed E-state index contributed by atoms with van der Waals surface area (Å²) in [4.78, 5) is 26.0. The number of nitrogens with one attached hydrogen (secondary N) is 1. The molecule has 1 fully saturated rings. The highest BCUT2D eigenvalue weighted by Gasteiger charge is 2.20. The lowest BCUT2D eigenvalue weighted by molar-refractivity contribution is -0.141. The topological polar surface area (TPSA) is 58.6 Å². The van der Waals surface area contributed by atoms with Crippen molar-refractivity contribution < 1.29 is 14.3 Å². The highest BCUT2D eigenvalue weighted by molar-refractivity contribution is 5.93. The van der Waals surface area contributed by atoms with E-state index in [0.717, 1.165) is 25.2 Å². The summed E-state index contributed by atoms with van der Waals surface area (Å²) >= 11 is 0. The summed E-state index contributed by atoms with van der Waals surface area (Å²) in [5.74, 6) is -0.554. The quantitative estimate of drug-likeness (QED) is 0.679. The molecule has 0 aromatic heterocycles. The first-order valence-corrected chi connectivity index (χ1v) is 10.4. The summed E-state index contributed by atoms with van der Waals surface area (Å²) in [7, 11) is 1.33. The van der Waals surface area contributed by atoms with Gasteiger partial charge in [-0.05, 0) is 61.6 Å². The summed E-state index contributed by atoms with van der Waals surface area (Å²) in [6, 6.07) is 17.1. The van der Waals surface area contributed by atoms with Gasteiger partial charge >= 0.3 is 5.97 Å². The number of ether oxygens (including phenoxy) is 1. The van der Waals surface area contributed by atoms with Crippen LogP contribution in [0.2, 0.25) is 0 Å². The molecule has 2 aromatic carbocycles. The van der Waals surface area contributed by atoms with Crippen molar-refractivity contribution in [2.24, 2.45) is 0 Å². The lowest BCUT2D eigenvalue weighted by Gasteiger charge is -2.22. The summed E-state index contributed by atoms with van der Waals surface area (Å²) in [6.45, 7) is 4.47. The van der Waals surface area contributed by atoms with Gasteiger partial charge in [0.25, 0.3) is 0 Å². The van der Waals surface area contributed by atoms with Gasteiger partial charge in [0.2, 0.25) is 5.91 Å².